The zero-order chi connectivity index (χ0) is 28.6. The van der Waals surface area contributed by atoms with E-state index in [1.165, 1.54) is 70.8 Å². The molecule has 6 aliphatic rings. The average molecular weight is 590 g/mol. The summed E-state index contributed by atoms with van der Waals surface area (Å²) < 4.78 is 3.82. The lowest BCUT2D eigenvalue weighted by Gasteiger charge is -2.48. The summed E-state index contributed by atoms with van der Waals surface area (Å²) in [5.41, 5.74) is 0.654. The summed E-state index contributed by atoms with van der Waals surface area (Å²) in [5, 5.41) is 12.2. The van der Waals surface area contributed by atoms with Crippen LogP contribution in [0, 0.1) is 23.2 Å². The quantitative estimate of drug-likeness (QED) is 0.355. The number of nitrogens with one attached hydrogen (secondary N) is 4. The maximum Gasteiger partial charge on any atom is 0.321 e. The van der Waals surface area contributed by atoms with Crippen molar-refractivity contribution in [2.45, 2.75) is 134 Å². The molecule has 4 bridgehead atoms. The molecule has 1 saturated carbocycles. The second kappa shape index (κ2) is 12.8. The number of carbonyl (C=O) groups is 1. The number of urea groups is 1. The highest BCUT2D eigenvalue weighted by Gasteiger charge is 2.47. The summed E-state index contributed by atoms with van der Waals surface area (Å²) in [6.07, 6.45) is 15.8. The van der Waals surface area contributed by atoms with Gasteiger partial charge in [0.1, 0.15) is 0 Å². The lowest BCUT2D eigenvalue weighted by Crippen LogP contribution is -2.65. The van der Waals surface area contributed by atoms with Gasteiger partial charge in [-0.1, -0.05) is 25.8 Å². The molecule has 2 amide bonds. The third-order valence-corrected chi connectivity index (χ3v) is 12.5. The zero-order valence-electron chi connectivity index (χ0n) is 26.4. The lowest BCUT2D eigenvalue weighted by molar-refractivity contribution is 0.000763. The minimum absolute atomic E-state index is 0.147. The van der Waals surface area contributed by atoms with E-state index < -0.39 is 0 Å². The number of hydrogen-bond acceptors (Lipinski definition) is 7. The van der Waals surface area contributed by atoms with E-state index in [2.05, 4.69) is 63.1 Å². The number of nitrogens with zero attached hydrogens (tertiary/aromatic N) is 3. The number of carbonyl (C=O) groups excluding carboxylic acids is 1. The Bertz CT molecular complexity index is 891. The Kier molecular flexibility index (Phi) is 9.51. The van der Waals surface area contributed by atoms with Gasteiger partial charge in [-0.2, -0.15) is 0 Å². The van der Waals surface area contributed by atoms with E-state index in [0.29, 0.717) is 35.0 Å². The van der Waals surface area contributed by atoms with Crippen molar-refractivity contribution >= 4 is 18.0 Å². The first-order valence-corrected chi connectivity index (χ1v) is 18.0. The molecule has 9 heteroatoms. The van der Waals surface area contributed by atoms with Crippen LogP contribution in [0.25, 0.3) is 0 Å². The third-order valence-electron chi connectivity index (χ3n) is 11.5. The van der Waals surface area contributed by atoms with Gasteiger partial charge >= 0.3 is 6.03 Å². The summed E-state index contributed by atoms with van der Waals surface area (Å²) in [6, 6.07) is 0.278. The molecule has 6 fully saturated rings. The van der Waals surface area contributed by atoms with Gasteiger partial charge in [0, 0.05) is 44.2 Å². The maximum absolute atomic E-state index is 13.7. The van der Waals surface area contributed by atoms with Crippen LogP contribution in [0.2, 0.25) is 0 Å². The van der Waals surface area contributed by atoms with Crippen LogP contribution in [0.1, 0.15) is 105 Å². The van der Waals surface area contributed by atoms with E-state index in [1.807, 2.05) is 11.9 Å². The predicted molar refractivity (Wildman–Crippen MR) is 169 cm³/mol. The number of fused-ring (bicyclic) bond motifs is 6. The average Bonchev–Trinajstić information content (AvgIpc) is 3.45. The molecule has 8 nitrogen and oxygen atoms in total. The predicted octanol–water partition coefficient (Wildman–Crippen LogP) is 4.74. The van der Waals surface area contributed by atoms with Crippen LogP contribution in [0.15, 0.2) is 0 Å². The van der Waals surface area contributed by atoms with E-state index >= 15 is 0 Å². The fraction of sp³-hybridized carbons (Fsp3) is 0.969. The van der Waals surface area contributed by atoms with Crippen molar-refractivity contribution in [3.05, 3.63) is 0 Å². The number of piperidine rings is 2. The van der Waals surface area contributed by atoms with E-state index in [0.717, 1.165) is 51.5 Å². The van der Waals surface area contributed by atoms with Gasteiger partial charge in [-0.05, 0) is 115 Å². The van der Waals surface area contributed by atoms with Gasteiger partial charge < -0.3 is 15.1 Å². The molecule has 0 aromatic rings. The van der Waals surface area contributed by atoms with Crippen molar-refractivity contribution in [2.75, 3.05) is 39.3 Å². The van der Waals surface area contributed by atoms with Crippen molar-refractivity contribution < 1.29 is 4.79 Å². The van der Waals surface area contributed by atoms with Crippen molar-refractivity contribution in [3.63, 3.8) is 0 Å². The topological polar surface area (TPSA) is 74.9 Å². The summed E-state index contributed by atoms with van der Waals surface area (Å²) in [6.45, 7) is 15.7. The zero-order valence-corrected chi connectivity index (χ0v) is 27.2. The summed E-state index contributed by atoms with van der Waals surface area (Å²) >= 11 is 1.91. The van der Waals surface area contributed by atoms with Gasteiger partial charge in [-0.25, -0.2) is 4.79 Å². The van der Waals surface area contributed by atoms with Gasteiger partial charge in [0.15, 0.2) is 0 Å². The fourth-order valence-electron chi connectivity index (χ4n) is 8.94. The second-order valence-electron chi connectivity index (χ2n) is 15.7. The lowest BCUT2D eigenvalue weighted by atomic mass is 9.73. The molecule has 5 saturated heterocycles. The van der Waals surface area contributed by atoms with Gasteiger partial charge in [0.2, 0.25) is 0 Å². The van der Waals surface area contributed by atoms with Crippen LogP contribution >= 0.6 is 11.9 Å². The highest BCUT2D eigenvalue weighted by atomic mass is 32.2. The van der Waals surface area contributed by atoms with Gasteiger partial charge in [0.05, 0.1) is 23.9 Å². The highest BCUT2D eigenvalue weighted by Crippen LogP contribution is 2.41. The standard InChI is InChI=1S/C32H59N7OS/c1-31(2)14-12-23(13-15-31)21-37-17-18-38(30(37)40)27-11-10-25-20-34-41-28-9-5-8-26(35-28)33-16-6-7-24-19-32(3,4)39(22-24)29(25)36-27/h23-29,33-36H,5-22H2,1-4H3/t24-,25?,26?,27?,28?,29?/m0/s1. The Morgan fingerprint density at radius 3 is 2.59 bits per heavy atom. The largest absolute Gasteiger partial charge is 0.323 e. The molecule has 4 N–H and O–H groups in total. The molecular weight excluding hydrogens is 530 g/mol. The Labute approximate surface area is 254 Å². The summed E-state index contributed by atoms with van der Waals surface area (Å²) in [7, 11) is 0. The Morgan fingerprint density at radius 2 is 1.76 bits per heavy atom. The molecule has 6 unspecified atom stereocenters. The molecule has 6 rings (SSSR count). The monoisotopic (exact) mass is 589 g/mol. The van der Waals surface area contributed by atoms with E-state index in [4.69, 9.17) is 0 Å². The van der Waals surface area contributed by atoms with Gasteiger partial charge in [0.25, 0.3) is 0 Å². The molecule has 41 heavy (non-hydrogen) atoms. The molecule has 234 valence electrons. The number of rotatable bonds is 3. The van der Waals surface area contributed by atoms with Crippen LogP contribution in [-0.2, 0) is 0 Å². The molecule has 1 aliphatic carbocycles. The molecule has 0 spiro atoms. The summed E-state index contributed by atoms with van der Waals surface area (Å²) in [5.74, 6) is 1.96. The third kappa shape index (κ3) is 7.22. The first kappa shape index (κ1) is 30.4. The number of hydrogen-bond donors (Lipinski definition) is 4. The first-order valence-electron chi connectivity index (χ1n) is 17.1. The maximum atomic E-state index is 13.7. The molecular formula is C32H59N7OS. The van der Waals surface area contributed by atoms with Crippen molar-refractivity contribution in [1.29, 1.82) is 0 Å². The van der Waals surface area contributed by atoms with Crippen LogP contribution in [-0.4, -0.2) is 89.4 Å². The molecule has 0 aromatic heterocycles. The van der Waals surface area contributed by atoms with E-state index in [9.17, 15) is 4.79 Å². The normalized spacial score (nSPS) is 40.6. The second-order valence-corrected chi connectivity index (χ2v) is 16.8. The van der Waals surface area contributed by atoms with Gasteiger partial charge in [-0.3, -0.25) is 20.3 Å². The first-order chi connectivity index (χ1) is 19.7. The molecule has 0 radical (unpaired) electrons. The Balaban J connectivity index is 1.12. The molecule has 5 heterocycles. The highest BCUT2D eigenvalue weighted by molar-refractivity contribution is 7.98. The van der Waals surface area contributed by atoms with E-state index in [-0.39, 0.29) is 17.7 Å². The fourth-order valence-corrected chi connectivity index (χ4v) is 9.96. The smallest absolute Gasteiger partial charge is 0.321 e. The Hall–Kier alpha value is -0.580. The summed E-state index contributed by atoms with van der Waals surface area (Å²) in [4.78, 5) is 20.9. The molecule has 0 aromatic carbocycles. The SMILES string of the molecule is CC1(C)CCC(CN2CCN(C3CCC4CNSC5CCCC(NCCC[C@@H]6CN(C4N3)C(C)(C)C6)N5)C2=O)CC1. The number of amides is 2. The molecule has 5 aliphatic heterocycles. The van der Waals surface area contributed by atoms with Crippen LogP contribution in [0.3, 0.4) is 0 Å². The van der Waals surface area contributed by atoms with Crippen molar-refractivity contribution in [3.8, 4) is 0 Å². The van der Waals surface area contributed by atoms with Gasteiger partial charge in [-0.15, -0.1) is 0 Å². The molecule has 7 atom stereocenters. The van der Waals surface area contributed by atoms with Crippen LogP contribution in [0.5, 0.6) is 0 Å². The van der Waals surface area contributed by atoms with Crippen molar-refractivity contribution in [2.24, 2.45) is 23.2 Å². The Morgan fingerprint density at radius 1 is 0.927 bits per heavy atom. The van der Waals surface area contributed by atoms with Crippen LogP contribution in [0.4, 0.5) is 4.79 Å². The minimum atomic E-state index is 0.147. The van der Waals surface area contributed by atoms with E-state index in [1.54, 1.807) is 0 Å². The van der Waals surface area contributed by atoms with Crippen molar-refractivity contribution in [1.82, 2.24) is 35.4 Å². The minimum Gasteiger partial charge on any atom is -0.323 e. The van der Waals surface area contributed by atoms with Crippen LogP contribution < -0.4 is 20.7 Å².